The fourth-order valence-electron chi connectivity index (χ4n) is 2.81. The summed E-state index contributed by atoms with van der Waals surface area (Å²) in [4.78, 5) is 28.4. The standard InChI is InChI=1S/C18H24F2N2O4/c1-18(2,3)16(24)22-10-8-21(9-11-22)15(23)12-6-5-7-13(25-4)14(12)26-17(19)20/h5-7,17H,8-11H2,1-4H3. The summed E-state index contributed by atoms with van der Waals surface area (Å²) in [6.45, 7) is 3.91. The summed E-state index contributed by atoms with van der Waals surface area (Å²) >= 11 is 0. The molecule has 2 rings (SSSR count). The van der Waals surface area contributed by atoms with E-state index in [1.54, 1.807) is 11.0 Å². The summed E-state index contributed by atoms with van der Waals surface area (Å²) in [5.41, 5.74) is -0.475. The Morgan fingerprint density at radius 1 is 1.08 bits per heavy atom. The molecule has 2 amide bonds. The Morgan fingerprint density at radius 3 is 2.15 bits per heavy atom. The maximum atomic E-state index is 12.8. The minimum absolute atomic E-state index is 0.0141. The third kappa shape index (κ3) is 4.42. The van der Waals surface area contributed by atoms with Crippen molar-refractivity contribution in [3.8, 4) is 11.5 Å². The second-order valence-corrected chi connectivity index (χ2v) is 7.05. The second-order valence-electron chi connectivity index (χ2n) is 7.05. The second kappa shape index (κ2) is 7.88. The first-order valence-corrected chi connectivity index (χ1v) is 8.35. The molecule has 26 heavy (non-hydrogen) atoms. The number of para-hydroxylation sites is 1. The summed E-state index contributed by atoms with van der Waals surface area (Å²) in [6.07, 6.45) is 0. The van der Waals surface area contributed by atoms with Gasteiger partial charge in [0.05, 0.1) is 12.7 Å². The van der Waals surface area contributed by atoms with E-state index in [0.717, 1.165) is 0 Å². The third-order valence-electron chi connectivity index (χ3n) is 4.13. The van der Waals surface area contributed by atoms with Crippen LogP contribution in [0.1, 0.15) is 31.1 Å². The highest BCUT2D eigenvalue weighted by Crippen LogP contribution is 2.33. The van der Waals surface area contributed by atoms with Crippen molar-refractivity contribution in [1.29, 1.82) is 0 Å². The SMILES string of the molecule is COc1cccc(C(=O)N2CCN(C(=O)C(C)(C)C)CC2)c1OC(F)F. The van der Waals surface area contributed by atoms with Crippen LogP contribution in [0, 0.1) is 5.41 Å². The molecule has 0 N–H and O–H groups in total. The van der Waals surface area contributed by atoms with Gasteiger partial charge in [-0.15, -0.1) is 0 Å². The van der Waals surface area contributed by atoms with Crippen molar-refractivity contribution in [3.63, 3.8) is 0 Å². The Hall–Kier alpha value is -2.38. The van der Waals surface area contributed by atoms with E-state index in [4.69, 9.17) is 4.74 Å². The van der Waals surface area contributed by atoms with Gasteiger partial charge in [-0.05, 0) is 12.1 Å². The Balaban J connectivity index is 2.15. The lowest BCUT2D eigenvalue weighted by Gasteiger charge is -2.37. The molecule has 1 aromatic rings. The van der Waals surface area contributed by atoms with E-state index < -0.39 is 17.9 Å². The summed E-state index contributed by atoms with van der Waals surface area (Å²) in [6, 6.07) is 4.42. The van der Waals surface area contributed by atoms with Crippen molar-refractivity contribution >= 4 is 11.8 Å². The van der Waals surface area contributed by atoms with Gasteiger partial charge in [0.2, 0.25) is 5.91 Å². The van der Waals surface area contributed by atoms with Crippen molar-refractivity contribution in [2.75, 3.05) is 33.3 Å². The van der Waals surface area contributed by atoms with Gasteiger partial charge in [-0.2, -0.15) is 8.78 Å². The predicted molar refractivity (Wildman–Crippen MR) is 91.6 cm³/mol. The van der Waals surface area contributed by atoms with Gasteiger partial charge >= 0.3 is 6.61 Å². The fraction of sp³-hybridized carbons (Fsp3) is 0.556. The lowest BCUT2D eigenvalue weighted by Crippen LogP contribution is -2.53. The van der Waals surface area contributed by atoms with E-state index in [9.17, 15) is 18.4 Å². The molecule has 0 spiro atoms. The number of nitrogens with zero attached hydrogens (tertiary/aromatic N) is 2. The number of hydrogen-bond donors (Lipinski definition) is 0. The molecule has 1 saturated heterocycles. The molecule has 1 fully saturated rings. The molecule has 8 heteroatoms. The number of piperazine rings is 1. The number of methoxy groups -OCH3 is 1. The minimum Gasteiger partial charge on any atom is -0.493 e. The lowest BCUT2D eigenvalue weighted by atomic mass is 9.94. The fourth-order valence-corrected chi connectivity index (χ4v) is 2.81. The molecule has 1 aliphatic rings. The largest absolute Gasteiger partial charge is 0.493 e. The maximum absolute atomic E-state index is 12.8. The molecule has 1 aromatic carbocycles. The minimum atomic E-state index is -3.07. The molecule has 0 atom stereocenters. The number of ether oxygens (including phenoxy) is 2. The number of halogens is 2. The molecule has 1 aliphatic heterocycles. The number of carbonyl (C=O) groups is 2. The molecule has 1 heterocycles. The molecule has 0 aliphatic carbocycles. The van der Waals surface area contributed by atoms with E-state index >= 15 is 0 Å². The van der Waals surface area contributed by atoms with Crippen LogP contribution in [0.4, 0.5) is 8.78 Å². The number of amides is 2. The van der Waals surface area contributed by atoms with Gasteiger partial charge in [-0.3, -0.25) is 9.59 Å². The van der Waals surface area contributed by atoms with Crippen molar-refractivity contribution in [2.45, 2.75) is 27.4 Å². The molecular weight excluding hydrogens is 346 g/mol. The van der Waals surface area contributed by atoms with Crippen LogP contribution in [0.15, 0.2) is 18.2 Å². The van der Waals surface area contributed by atoms with Crippen LogP contribution in [-0.4, -0.2) is 61.5 Å². The first-order chi connectivity index (χ1) is 12.1. The molecule has 0 aromatic heterocycles. The Labute approximate surface area is 151 Å². The van der Waals surface area contributed by atoms with Crippen LogP contribution in [0.5, 0.6) is 11.5 Å². The quantitative estimate of drug-likeness (QED) is 0.818. The number of carbonyl (C=O) groups excluding carboxylic acids is 2. The van der Waals surface area contributed by atoms with Crippen molar-refractivity contribution in [2.24, 2.45) is 5.41 Å². The zero-order valence-corrected chi connectivity index (χ0v) is 15.4. The van der Waals surface area contributed by atoms with Crippen molar-refractivity contribution in [3.05, 3.63) is 23.8 Å². The van der Waals surface area contributed by atoms with Gasteiger partial charge < -0.3 is 19.3 Å². The molecule has 0 saturated carbocycles. The van der Waals surface area contributed by atoms with E-state index in [0.29, 0.717) is 26.2 Å². The van der Waals surface area contributed by atoms with E-state index in [1.807, 2.05) is 20.8 Å². The Morgan fingerprint density at radius 2 is 1.65 bits per heavy atom. The average molecular weight is 370 g/mol. The number of benzene rings is 1. The summed E-state index contributed by atoms with van der Waals surface area (Å²) in [5, 5.41) is 0. The Bertz CT molecular complexity index is 666. The van der Waals surface area contributed by atoms with Gasteiger partial charge in [0.1, 0.15) is 0 Å². The summed E-state index contributed by atoms with van der Waals surface area (Å²) in [5.74, 6) is -0.615. The van der Waals surface area contributed by atoms with Crippen LogP contribution < -0.4 is 9.47 Å². The highest BCUT2D eigenvalue weighted by molar-refractivity contribution is 5.98. The lowest BCUT2D eigenvalue weighted by molar-refractivity contribution is -0.140. The molecule has 6 nitrogen and oxygen atoms in total. The molecule has 144 valence electrons. The van der Waals surface area contributed by atoms with Gasteiger partial charge in [0, 0.05) is 31.6 Å². The monoisotopic (exact) mass is 370 g/mol. The molecule has 0 radical (unpaired) electrons. The van der Waals surface area contributed by atoms with Gasteiger partial charge in [-0.1, -0.05) is 26.8 Å². The number of alkyl halides is 2. The first kappa shape index (κ1) is 19.9. The van der Waals surface area contributed by atoms with Crippen LogP contribution in [-0.2, 0) is 4.79 Å². The zero-order chi connectivity index (χ0) is 19.5. The van der Waals surface area contributed by atoms with Gasteiger partial charge in [0.25, 0.3) is 5.91 Å². The predicted octanol–water partition coefficient (Wildman–Crippen LogP) is 2.63. The number of rotatable bonds is 4. The van der Waals surface area contributed by atoms with Crippen molar-refractivity contribution < 1.29 is 27.8 Å². The maximum Gasteiger partial charge on any atom is 0.387 e. The van der Waals surface area contributed by atoms with E-state index in [-0.39, 0.29) is 23.0 Å². The molecular formula is C18H24F2N2O4. The first-order valence-electron chi connectivity index (χ1n) is 8.35. The van der Waals surface area contributed by atoms with E-state index in [2.05, 4.69) is 4.74 Å². The highest BCUT2D eigenvalue weighted by Gasteiger charge is 2.32. The zero-order valence-electron chi connectivity index (χ0n) is 15.4. The van der Waals surface area contributed by atoms with Crippen LogP contribution in [0.2, 0.25) is 0 Å². The topological polar surface area (TPSA) is 59.1 Å². The van der Waals surface area contributed by atoms with Crippen LogP contribution in [0.25, 0.3) is 0 Å². The highest BCUT2D eigenvalue weighted by atomic mass is 19.3. The summed E-state index contributed by atoms with van der Waals surface area (Å²) in [7, 11) is 1.32. The molecule has 0 unspecified atom stereocenters. The average Bonchev–Trinajstić information content (AvgIpc) is 2.59. The van der Waals surface area contributed by atoms with Crippen molar-refractivity contribution in [1.82, 2.24) is 9.80 Å². The number of hydrogen-bond acceptors (Lipinski definition) is 4. The summed E-state index contributed by atoms with van der Waals surface area (Å²) < 4.78 is 35.0. The van der Waals surface area contributed by atoms with Crippen LogP contribution in [0.3, 0.4) is 0 Å². The molecule has 0 bridgehead atoms. The third-order valence-corrected chi connectivity index (χ3v) is 4.13. The van der Waals surface area contributed by atoms with E-state index in [1.165, 1.54) is 24.1 Å². The Kier molecular flexibility index (Phi) is 6.05. The van der Waals surface area contributed by atoms with Gasteiger partial charge in [0.15, 0.2) is 11.5 Å². The smallest absolute Gasteiger partial charge is 0.387 e. The van der Waals surface area contributed by atoms with Gasteiger partial charge in [-0.25, -0.2) is 0 Å². The van der Waals surface area contributed by atoms with Crippen LogP contribution >= 0.6 is 0 Å². The normalized spacial score (nSPS) is 15.2.